The van der Waals surface area contributed by atoms with Crippen molar-refractivity contribution in [1.29, 1.82) is 0 Å². The maximum absolute atomic E-state index is 10.1. The summed E-state index contributed by atoms with van der Waals surface area (Å²) in [4.78, 5) is 19.4. The Morgan fingerprint density at radius 1 is 1.60 bits per heavy atom. The van der Waals surface area contributed by atoms with Crippen LogP contribution in [0.4, 0.5) is 4.79 Å². The molecule has 15 heavy (non-hydrogen) atoms. The van der Waals surface area contributed by atoms with Gasteiger partial charge in [0.2, 0.25) is 0 Å². The lowest BCUT2D eigenvalue weighted by Gasteiger charge is -2.15. The van der Waals surface area contributed by atoms with Crippen LogP contribution in [-0.4, -0.2) is 34.5 Å². The highest BCUT2D eigenvalue weighted by molar-refractivity contribution is 5.78. The molecule has 0 aromatic carbocycles. The zero-order valence-electron chi connectivity index (χ0n) is 8.84. The molecule has 0 aliphatic carbocycles. The van der Waals surface area contributed by atoms with E-state index in [2.05, 4.69) is 11.3 Å². The molecule has 0 aliphatic rings. The van der Waals surface area contributed by atoms with Crippen molar-refractivity contribution in [2.45, 2.75) is 32.5 Å². The van der Waals surface area contributed by atoms with Crippen LogP contribution in [0.1, 0.15) is 20.3 Å². The van der Waals surface area contributed by atoms with Gasteiger partial charge in [0.1, 0.15) is 6.10 Å². The number of carboxylic acid groups (broad SMARTS) is 1. The maximum atomic E-state index is 10.1. The molecule has 0 radical (unpaired) electrons. The van der Waals surface area contributed by atoms with E-state index >= 15 is 0 Å². The van der Waals surface area contributed by atoms with Gasteiger partial charge >= 0.3 is 12.1 Å². The smallest absolute Gasteiger partial charge is 0.404 e. The Balaban J connectivity index is 0. The Morgan fingerprint density at radius 2 is 2.00 bits per heavy atom. The summed E-state index contributed by atoms with van der Waals surface area (Å²) in [5.74, 6) is -0.981. The van der Waals surface area contributed by atoms with E-state index in [4.69, 9.17) is 15.9 Å². The van der Waals surface area contributed by atoms with Crippen LogP contribution in [0.3, 0.4) is 0 Å². The molecule has 4 N–H and O–H groups in total. The lowest BCUT2D eigenvalue weighted by atomic mass is 10.2. The van der Waals surface area contributed by atoms with E-state index < -0.39 is 24.3 Å². The summed E-state index contributed by atoms with van der Waals surface area (Å²) in [7, 11) is 0. The Morgan fingerprint density at radius 3 is 2.20 bits per heavy atom. The molecule has 0 rings (SSSR count). The molecule has 6 nitrogen and oxygen atoms in total. The quantitative estimate of drug-likeness (QED) is 0.596. The van der Waals surface area contributed by atoms with Crippen molar-refractivity contribution in [3.8, 4) is 0 Å². The Kier molecular flexibility index (Phi) is 9.55. The number of carbonyl (C=O) groups is 2. The Bertz CT molecular complexity index is 217. The number of carbonyl (C=O) groups excluding carboxylic acids is 1. The highest BCUT2D eigenvalue weighted by Gasteiger charge is 2.14. The van der Waals surface area contributed by atoms with Gasteiger partial charge in [-0.3, -0.25) is 0 Å². The average molecular weight is 219 g/mol. The largest absolute Gasteiger partial charge is 0.478 e. The number of primary amides is 1. The minimum Gasteiger partial charge on any atom is -0.478 e. The number of rotatable bonds is 4. The predicted molar refractivity (Wildman–Crippen MR) is 54.3 cm³/mol. The highest BCUT2D eigenvalue weighted by atomic mass is 16.6. The minimum absolute atomic E-state index is 0.512. The zero-order valence-corrected chi connectivity index (χ0v) is 8.84. The lowest BCUT2D eigenvalue weighted by Crippen LogP contribution is -2.30. The van der Waals surface area contributed by atoms with Gasteiger partial charge in [-0.2, -0.15) is 0 Å². The minimum atomic E-state index is -0.981. The van der Waals surface area contributed by atoms with E-state index in [-0.39, 0.29) is 0 Å². The number of aliphatic hydroxyl groups excluding tert-OH is 1. The van der Waals surface area contributed by atoms with Crippen LogP contribution < -0.4 is 5.73 Å². The van der Waals surface area contributed by atoms with Crippen molar-refractivity contribution < 1.29 is 24.5 Å². The van der Waals surface area contributed by atoms with E-state index in [0.29, 0.717) is 6.42 Å². The molecule has 0 bridgehead atoms. The summed E-state index contributed by atoms with van der Waals surface area (Å²) < 4.78 is 4.49. The Hall–Kier alpha value is -1.56. The second kappa shape index (κ2) is 9.01. The van der Waals surface area contributed by atoms with E-state index in [1.165, 1.54) is 0 Å². The number of aliphatic hydroxyl groups is 1. The third-order valence-electron chi connectivity index (χ3n) is 1.44. The molecule has 6 heteroatoms. The second-order valence-electron chi connectivity index (χ2n) is 2.66. The van der Waals surface area contributed by atoms with Crippen molar-refractivity contribution in [2.24, 2.45) is 5.73 Å². The van der Waals surface area contributed by atoms with Gasteiger partial charge in [0, 0.05) is 6.08 Å². The SMILES string of the molecule is C=CC(=O)O.CCC(O)C(C)OC(N)=O. The van der Waals surface area contributed by atoms with Gasteiger partial charge < -0.3 is 20.7 Å². The number of nitrogens with two attached hydrogens (primary N) is 1. The van der Waals surface area contributed by atoms with Crippen LogP contribution in [0.25, 0.3) is 0 Å². The summed E-state index contributed by atoms with van der Waals surface area (Å²) in [6, 6.07) is 0. The van der Waals surface area contributed by atoms with Gasteiger partial charge in [-0.1, -0.05) is 13.5 Å². The summed E-state index contributed by atoms with van der Waals surface area (Å²) in [6.07, 6.45) is -0.593. The standard InChI is InChI=1S/C6H13NO3.C3H4O2/c1-3-5(8)4(2)10-6(7)9;1-2-3(4)5/h4-5,8H,3H2,1-2H3,(H2,7,9);2H,1H2,(H,4,5). The fraction of sp³-hybridized carbons (Fsp3) is 0.556. The van der Waals surface area contributed by atoms with E-state index in [1.54, 1.807) is 13.8 Å². The molecule has 0 aromatic heterocycles. The average Bonchev–Trinajstić information content (AvgIpc) is 2.16. The molecule has 2 unspecified atom stereocenters. The number of hydrogen-bond acceptors (Lipinski definition) is 4. The van der Waals surface area contributed by atoms with Crippen molar-refractivity contribution in [3.63, 3.8) is 0 Å². The van der Waals surface area contributed by atoms with E-state index in [9.17, 15) is 9.59 Å². The summed E-state index contributed by atoms with van der Waals surface area (Å²) in [5.41, 5.74) is 4.71. The number of hydrogen-bond donors (Lipinski definition) is 3. The molecule has 2 atom stereocenters. The molecule has 0 saturated heterocycles. The maximum Gasteiger partial charge on any atom is 0.404 e. The molecule has 0 aromatic rings. The van der Waals surface area contributed by atoms with Gasteiger partial charge in [-0.05, 0) is 13.3 Å². The second-order valence-corrected chi connectivity index (χ2v) is 2.66. The fourth-order valence-electron chi connectivity index (χ4n) is 0.594. The van der Waals surface area contributed by atoms with Crippen LogP contribution in [0.5, 0.6) is 0 Å². The number of amides is 1. The van der Waals surface area contributed by atoms with Gasteiger partial charge in [0.05, 0.1) is 6.10 Å². The van der Waals surface area contributed by atoms with Crippen LogP contribution in [0, 0.1) is 0 Å². The van der Waals surface area contributed by atoms with Gasteiger partial charge in [0.25, 0.3) is 0 Å². The van der Waals surface area contributed by atoms with Crippen LogP contribution in [0.2, 0.25) is 0 Å². The fourth-order valence-corrected chi connectivity index (χ4v) is 0.594. The molecule has 0 spiro atoms. The first-order valence-corrected chi connectivity index (χ1v) is 4.34. The molecule has 0 fully saturated rings. The van der Waals surface area contributed by atoms with Crippen LogP contribution >= 0.6 is 0 Å². The normalized spacial score (nSPS) is 12.7. The summed E-state index contributed by atoms with van der Waals surface area (Å²) in [6.45, 7) is 6.35. The molecule has 88 valence electrons. The molecule has 0 heterocycles. The monoisotopic (exact) mass is 219 g/mol. The van der Waals surface area contributed by atoms with Crippen molar-refractivity contribution in [3.05, 3.63) is 12.7 Å². The van der Waals surface area contributed by atoms with E-state index in [1.807, 2.05) is 0 Å². The third-order valence-corrected chi connectivity index (χ3v) is 1.44. The summed E-state index contributed by atoms with van der Waals surface area (Å²) >= 11 is 0. The third kappa shape index (κ3) is 12.4. The zero-order chi connectivity index (χ0) is 12.4. The molecule has 1 amide bonds. The highest BCUT2D eigenvalue weighted by Crippen LogP contribution is 2.01. The first kappa shape index (κ1) is 15.9. The molecule has 0 aliphatic heterocycles. The molecular formula is C9H17NO5. The van der Waals surface area contributed by atoms with Crippen molar-refractivity contribution >= 4 is 12.1 Å². The molecule has 0 saturated carbocycles. The van der Waals surface area contributed by atoms with E-state index in [0.717, 1.165) is 6.08 Å². The van der Waals surface area contributed by atoms with Crippen LogP contribution in [0.15, 0.2) is 12.7 Å². The Labute approximate surface area is 88.3 Å². The molecular weight excluding hydrogens is 202 g/mol. The number of ether oxygens (including phenoxy) is 1. The van der Waals surface area contributed by atoms with Crippen molar-refractivity contribution in [1.82, 2.24) is 0 Å². The van der Waals surface area contributed by atoms with Crippen molar-refractivity contribution in [2.75, 3.05) is 0 Å². The number of carboxylic acids is 1. The van der Waals surface area contributed by atoms with Gasteiger partial charge in [-0.25, -0.2) is 9.59 Å². The number of aliphatic carboxylic acids is 1. The van der Waals surface area contributed by atoms with Gasteiger partial charge in [-0.15, -0.1) is 0 Å². The topological polar surface area (TPSA) is 110 Å². The predicted octanol–water partition coefficient (Wildman–Crippen LogP) is 0.498. The van der Waals surface area contributed by atoms with Crippen LogP contribution in [-0.2, 0) is 9.53 Å². The first-order chi connectivity index (χ1) is 6.84. The van der Waals surface area contributed by atoms with Gasteiger partial charge in [0.15, 0.2) is 0 Å². The summed E-state index contributed by atoms with van der Waals surface area (Å²) in [5, 5.41) is 16.6. The first-order valence-electron chi connectivity index (χ1n) is 4.34. The lowest BCUT2D eigenvalue weighted by molar-refractivity contribution is -0.131.